The van der Waals surface area contributed by atoms with Crippen LogP contribution in [-0.2, 0) is 9.53 Å². The molecule has 1 aromatic heterocycles. The molecule has 2 aliphatic heterocycles. The molecule has 6 nitrogen and oxygen atoms in total. The first kappa shape index (κ1) is 19.3. The number of β-amino-alcohol motifs (C(OH)–C–C–N with tert-alkyl or cyclic N) is 1. The molecule has 1 amide bonds. The van der Waals surface area contributed by atoms with Crippen molar-refractivity contribution in [2.24, 2.45) is 5.92 Å². The highest BCUT2D eigenvalue weighted by Gasteiger charge is 2.37. The molecule has 1 aromatic rings. The maximum absolute atomic E-state index is 12.9. The molecule has 2 saturated heterocycles. The van der Waals surface area contributed by atoms with Crippen molar-refractivity contribution < 1.29 is 14.6 Å². The number of aromatic nitrogens is 1. The fraction of sp³-hybridized carbons (Fsp3) is 0.800. The molecule has 7 heteroatoms. The number of likely N-dealkylation sites (tertiary alicyclic amines) is 1. The van der Waals surface area contributed by atoms with Gasteiger partial charge >= 0.3 is 0 Å². The standard InChI is InChI=1S/C20H31N3O3S/c24-16-10-18(23(12-16)11-14-6-8-26-9-7-14)19(25)22-20-21-17(13-27-20)15-4-2-1-3-5-15/h13-16,18,24H,1-12H2,(H,21,22,25)/t16-,18-/m0/s1. The fourth-order valence-electron chi connectivity index (χ4n) is 4.73. The molecule has 4 rings (SSSR count). The van der Waals surface area contributed by atoms with Gasteiger partial charge in [-0.15, -0.1) is 11.3 Å². The van der Waals surface area contributed by atoms with Crippen molar-refractivity contribution in [3.63, 3.8) is 0 Å². The molecule has 3 fully saturated rings. The Balaban J connectivity index is 1.35. The molecule has 2 atom stereocenters. The number of amides is 1. The zero-order chi connectivity index (χ0) is 18.6. The third-order valence-corrected chi connectivity index (χ3v) is 7.07. The van der Waals surface area contributed by atoms with Crippen LogP contribution in [0, 0.1) is 5.92 Å². The Morgan fingerprint density at radius 2 is 2.04 bits per heavy atom. The SMILES string of the molecule is O=C(Nc1nc(C2CCCCC2)cs1)[C@@H]1C[C@H](O)CN1CC1CCOCC1. The molecule has 150 valence electrons. The van der Waals surface area contributed by atoms with Gasteiger partial charge in [0.25, 0.3) is 0 Å². The first-order chi connectivity index (χ1) is 13.2. The fourth-order valence-corrected chi connectivity index (χ4v) is 5.53. The minimum Gasteiger partial charge on any atom is -0.392 e. The van der Waals surface area contributed by atoms with Crippen molar-refractivity contribution in [2.45, 2.75) is 69.4 Å². The smallest absolute Gasteiger partial charge is 0.243 e. The van der Waals surface area contributed by atoms with Crippen LogP contribution in [0.4, 0.5) is 5.13 Å². The summed E-state index contributed by atoms with van der Waals surface area (Å²) in [4.78, 5) is 19.7. The molecule has 0 unspecified atom stereocenters. The molecule has 0 radical (unpaired) electrons. The normalized spacial score (nSPS) is 28.5. The first-order valence-corrected chi connectivity index (χ1v) is 11.3. The second kappa shape index (κ2) is 8.99. The van der Waals surface area contributed by atoms with Gasteiger partial charge < -0.3 is 15.2 Å². The molecule has 1 aliphatic carbocycles. The van der Waals surface area contributed by atoms with Gasteiger partial charge in [-0.1, -0.05) is 19.3 Å². The summed E-state index contributed by atoms with van der Waals surface area (Å²) in [7, 11) is 0. The van der Waals surface area contributed by atoms with Gasteiger partial charge in [0.05, 0.1) is 17.8 Å². The van der Waals surface area contributed by atoms with Gasteiger partial charge in [-0.2, -0.15) is 0 Å². The number of carbonyl (C=O) groups excluding carboxylic acids is 1. The monoisotopic (exact) mass is 393 g/mol. The second-order valence-electron chi connectivity index (χ2n) is 8.32. The van der Waals surface area contributed by atoms with Crippen molar-refractivity contribution in [2.75, 3.05) is 31.6 Å². The van der Waals surface area contributed by atoms with E-state index in [2.05, 4.69) is 15.6 Å². The van der Waals surface area contributed by atoms with E-state index < -0.39 is 6.10 Å². The van der Waals surface area contributed by atoms with E-state index in [4.69, 9.17) is 9.72 Å². The highest BCUT2D eigenvalue weighted by molar-refractivity contribution is 7.13. The van der Waals surface area contributed by atoms with Crippen LogP contribution in [-0.4, -0.2) is 59.3 Å². The van der Waals surface area contributed by atoms with Crippen LogP contribution in [0.5, 0.6) is 0 Å². The topological polar surface area (TPSA) is 74.7 Å². The summed E-state index contributed by atoms with van der Waals surface area (Å²) in [5.74, 6) is 1.08. The maximum atomic E-state index is 12.9. The minimum atomic E-state index is -0.422. The lowest BCUT2D eigenvalue weighted by Gasteiger charge is -2.30. The number of hydrogen-bond acceptors (Lipinski definition) is 6. The highest BCUT2D eigenvalue weighted by atomic mass is 32.1. The predicted molar refractivity (Wildman–Crippen MR) is 106 cm³/mol. The van der Waals surface area contributed by atoms with Crippen LogP contribution in [0.1, 0.15) is 63.0 Å². The molecule has 3 heterocycles. The van der Waals surface area contributed by atoms with E-state index in [0.29, 0.717) is 29.9 Å². The highest BCUT2D eigenvalue weighted by Crippen LogP contribution is 2.34. The summed E-state index contributed by atoms with van der Waals surface area (Å²) in [6.45, 7) is 3.06. The Bertz CT molecular complexity index is 626. The Kier molecular flexibility index (Phi) is 6.42. The summed E-state index contributed by atoms with van der Waals surface area (Å²) in [5, 5.41) is 16.0. The van der Waals surface area contributed by atoms with E-state index in [-0.39, 0.29) is 11.9 Å². The van der Waals surface area contributed by atoms with Gasteiger partial charge in [0, 0.05) is 37.6 Å². The lowest BCUT2D eigenvalue weighted by molar-refractivity contribution is -0.120. The van der Waals surface area contributed by atoms with Crippen LogP contribution in [0.3, 0.4) is 0 Å². The van der Waals surface area contributed by atoms with Crippen molar-refractivity contribution in [3.05, 3.63) is 11.1 Å². The minimum absolute atomic E-state index is 0.0249. The van der Waals surface area contributed by atoms with E-state index in [1.807, 2.05) is 0 Å². The number of nitrogens with one attached hydrogen (secondary N) is 1. The molecule has 0 bridgehead atoms. The van der Waals surface area contributed by atoms with Crippen molar-refractivity contribution in [1.82, 2.24) is 9.88 Å². The van der Waals surface area contributed by atoms with E-state index in [0.717, 1.165) is 38.3 Å². The van der Waals surface area contributed by atoms with Crippen LogP contribution < -0.4 is 5.32 Å². The summed E-state index contributed by atoms with van der Waals surface area (Å²) in [5.41, 5.74) is 1.14. The Hall–Kier alpha value is -1.02. The van der Waals surface area contributed by atoms with E-state index >= 15 is 0 Å². The van der Waals surface area contributed by atoms with E-state index in [1.54, 1.807) is 0 Å². The molecular weight excluding hydrogens is 362 g/mol. The molecular formula is C20H31N3O3S. The Morgan fingerprint density at radius 1 is 1.26 bits per heavy atom. The summed E-state index contributed by atoms with van der Waals surface area (Å²) in [6.07, 6.45) is 8.49. The number of ether oxygens (including phenoxy) is 1. The Morgan fingerprint density at radius 3 is 2.81 bits per heavy atom. The van der Waals surface area contributed by atoms with Gasteiger partial charge in [-0.3, -0.25) is 9.69 Å². The zero-order valence-electron chi connectivity index (χ0n) is 15.9. The van der Waals surface area contributed by atoms with Gasteiger partial charge in [0.1, 0.15) is 0 Å². The summed E-state index contributed by atoms with van der Waals surface area (Å²) < 4.78 is 5.44. The largest absolute Gasteiger partial charge is 0.392 e. The quantitative estimate of drug-likeness (QED) is 0.804. The number of carbonyl (C=O) groups is 1. The number of rotatable bonds is 5. The van der Waals surface area contributed by atoms with Crippen LogP contribution in [0.15, 0.2) is 5.38 Å². The van der Waals surface area contributed by atoms with Gasteiger partial charge in [0.15, 0.2) is 5.13 Å². The number of nitrogens with zero attached hydrogens (tertiary/aromatic N) is 2. The Labute approximate surface area is 165 Å². The number of thiazole rings is 1. The van der Waals surface area contributed by atoms with Crippen molar-refractivity contribution >= 4 is 22.4 Å². The summed E-state index contributed by atoms with van der Waals surface area (Å²) in [6, 6.07) is -0.259. The van der Waals surface area contributed by atoms with Gasteiger partial charge in [-0.25, -0.2) is 4.98 Å². The van der Waals surface area contributed by atoms with Gasteiger partial charge in [-0.05, 0) is 38.0 Å². The molecule has 1 saturated carbocycles. The van der Waals surface area contributed by atoms with Gasteiger partial charge in [0.2, 0.25) is 5.91 Å². The average Bonchev–Trinajstić information content (AvgIpc) is 3.30. The van der Waals surface area contributed by atoms with E-state index in [1.165, 1.54) is 43.4 Å². The maximum Gasteiger partial charge on any atom is 0.243 e. The van der Waals surface area contributed by atoms with Crippen LogP contribution in [0.25, 0.3) is 0 Å². The zero-order valence-corrected chi connectivity index (χ0v) is 16.8. The number of aliphatic hydroxyl groups is 1. The molecule has 3 aliphatic rings. The lowest BCUT2D eigenvalue weighted by Crippen LogP contribution is -2.42. The van der Waals surface area contributed by atoms with Crippen LogP contribution >= 0.6 is 11.3 Å². The first-order valence-electron chi connectivity index (χ1n) is 10.4. The average molecular weight is 394 g/mol. The van der Waals surface area contributed by atoms with Crippen LogP contribution in [0.2, 0.25) is 0 Å². The second-order valence-corrected chi connectivity index (χ2v) is 9.17. The molecule has 2 N–H and O–H groups in total. The van der Waals surface area contributed by atoms with E-state index in [9.17, 15) is 9.90 Å². The predicted octanol–water partition coefficient (Wildman–Crippen LogP) is 2.99. The number of hydrogen-bond donors (Lipinski definition) is 2. The molecule has 27 heavy (non-hydrogen) atoms. The number of aliphatic hydroxyl groups excluding tert-OH is 1. The van der Waals surface area contributed by atoms with Crippen molar-refractivity contribution in [3.8, 4) is 0 Å². The van der Waals surface area contributed by atoms with Crippen molar-refractivity contribution in [1.29, 1.82) is 0 Å². The third-order valence-electron chi connectivity index (χ3n) is 6.29. The lowest BCUT2D eigenvalue weighted by atomic mass is 9.87. The third kappa shape index (κ3) is 4.88. The number of anilines is 1. The summed E-state index contributed by atoms with van der Waals surface area (Å²) >= 11 is 1.53. The molecule has 0 spiro atoms. The molecule has 0 aromatic carbocycles.